The molecule has 0 aliphatic carbocycles. The molecule has 2 N–H and O–H groups in total. The van der Waals surface area contributed by atoms with E-state index < -0.39 is 5.91 Å². The van der Waals surface area contributed by atoms with Crippen LogP contribution >= 0.6 is 22.7 Å². The highest BCUT2D eigenvalue weighted by Gasteiger charge is 2.25. The largest absolute Gasteiger partial charge is 0.469 e. The standard InChI is InChI=1S/C20H22N2O3S2/c1-13-18(20(21)24)19(16-6-4-12-27-16)15(7-8-17(23)25-2)22(13)10-9-14-5-3-11-26-14/h3-6,11-12H,7-10H2,1-2H3,(H2,21,24). The van der Waals surface area contributed by atoms with E-state index in [4.69, 9.17) is 10.5 Å². The second kappa shape index (κ2) is 8.54. The first-order chi connectivity index (χ1) is 13.0. The number of aryl methyl sites for hydroxylation is 1. The van der Waals surface area contributed by atoms with Crippen LogP contribution in [-0.4, -0.2) is 23.6 Å². The predicted molar refractivity (Wildman–Crippen MR) is 109 cm³/mol. The average molecular weight is 403 g/mol. The van der Waals surface area contributed by atoms with Gasteiger partial charge in [-0.05, 0) is 42.7 Å². The fraction of sp³-hybridized carbons (Fsp3) is 0.300. The Labute approximate surface area is 166 Å². The molecule has 0 fully saturated rings. The van der Waals surface area contributed by atoms with Gasteiger partial charge in [-0.25, -0.2) is 0 Å². The van der Waals surface area contributed by atoms with Crippen LogP contribution in [0.1, 0.15) is 33.0 Å². The molecule has 3 rings (SSSR count). The molecule has 27 heavy (non-hydrogen) atoms. The van der Waals surface area contributed by atoms with Crippen molar-refractivity contribution in [3.05, 3.63) is 56.9 Å². The number of thiophene rings is 2. The van der Waals surface area contributed by atoms with Gasteiger partial charge < -0.3 is 15.0 Å². The van der Waals surface area contributed by atoms with E-state index in [9.17, 15) is 9.59 Å². The van der Waals surface area contributed by atoms with Gasteiger partial charge in [0.05, 0.1) is 19.1 Å². The normalized spacial score (nSPS) is 10.9. The molecule has 0 aliphatic rings. The lowest BCUT2D eigenvalue weighted by atomic mass is 10.0. The molecule has 3 aromatic heterocycles. The van der Waals surface area contributed by atoms with Gasteiger partial charge in [-0.2, -0.15) is 0 Å². The van der Waals surface area contributed by atoms with Gasteiger partial charge in [0.1, 0.15) is 0 Å². The van der Waals surface area contributed by atoms with E-state index in [1.807, 2.05) is 30.5 Å². The molecule has 0 unspecified atom stereocenters. The minimum Gasteiger partial charge on any atom is -0.469 e. The fourth-order valence-electron chi connectivity index (χ4n) is 3.35. The Morgan fingerprint density at radius 1 is 1.15 bits per heavy atom. The number of aromatic nitrogens is 1. The highest BCUT2D eigenvalue weighted by Crippen LogP contribution is 2.36. The first-order valence-electron chi connectivity index (χ1n) is 8.67. The zero-order valence-electron chi connectivity index (χ0n) is 15.4. The highest BCUT2D eigenvalue weighted by atomic mass is 32.1. The monoisotopic (exact) mass is 402 g/mol. The van der Waals surface area contributed by atoms with Crippen molar-refractivity contribution in [1.29, 1.82) is 0 Å². The third-order valence-corrected chi connectivity index (χ3v) is 6.42. The molecule has 7 heteroatoms. The van der Waals surface area contributed by atoms with Crippen LogP contribution in [0, 0.1) is 6.92 Å². The van der Waals surface area contributed by atoms with Crippen molar-refractivity contribution < 1.29 is 14.3 Å². The van der Waals surface area contributed by atoms with Crippen LogP contribution in [0.3, 0.4) is 0 Å². The smallest absolute Gasteiger partial charge is 0.305 e. The minimum atomic E-state index is -0.440. The molecule has 0 aliphatic heterocycles. The maximum absolute atomic E-state index is 12.3. The summed E-state index contributed by atoms with van der Waals surface area (Å²) in [5.74, 6) is -0.707. The summed E-state index contributed by atoms with van der Waals surface area (Å²) in [6, 6.07) is 8.07. The maximum Gasteiger partial charge on any atom is 0.305 e. The van der Waals surface area contributed by atoms with Crippen molar-refractivity contribution in [3.8, 4) is 10.4 Å². The van der Waals surface area contributed by atoms with Crippen LogP contribution < -0.4 is 5.73 Å². The molecule has 0 saturated heterocycles. The van der Waals surface area contributed by atoms with Gasteiger partial charge >= 0.3 is 5.97 Å². The second-order valence-electron chi connectivity index (χ2n) is 6.18. The summed E-state index contributed by atoms with van der Waals surface area (Å²) < 4.78 is 6.95. The van der Waals surface area contributed by atoms with E-state index in [1.54, 1.807) is 22.7 Å². The number of hydrogen-bond donors (Lipinski definition) is 1. The summed E-state index contributed by atoms with van der Waals surface area (Å²) >= 11 is 3.28. The Balaban J connectivity index is 2.07. The van der Waals surface area contributed by atoms with E-state index in [0.29, 0.717) is 12.0 Å². The number of esters is 1. The van der Waals surface area contributed by atoms with Gasteiger partial charge in [-0.1, -0.05) is 12.1 Å². The van der Waals surface area contributed by atoms with Gasteiger partial charge in [0.15, 0.2) is 0 Å². The van der Waals surface area contributed by atoms with Gasteiger partial charge in [-0.3, -0.25) is 9.59 Å². The lowest BCUT2D eigenvalue weighted by Gasteiger charge is -2.12. The lowest BCUT2D eigenvalue weighted by Crippen LogP contribution is -2.13. The number of ether oxygens (including phenoxy) is 1. The van der Waals surface area contributed by atoms with E-state index in [2.05, 4.69) is 16.0 Å². The molecule has 1 amide bonds. The molecule has 142 valence electrons. The molecule has 3 aromatic rings. The van der Waals surface area contributed by atoms with Crippen LogP contribution in [-0.2, 0) is 28.9 Å². The lowest BCUT2D eigenvalue weighted by molar-refractivity contribution is -0.140. The van der Waals surface area contributed by atoms with Crippen LogP contribution in [0.2, 0.25) is 0 Å². The first-order valence-corrected chi connectivity index (χ1v) is 10.4. The summed E-state index contributed by atoms with van der Waals surface area (Å²) in [6.07, 6.45) is 1.62. The van der Waals surface area contributed by atoms with Crippen LogP contribution in [0.5, 0.6) is 0 Å². The first kappa shape index (κ1) is 19.4. The van der Waals surface area contributed by atoms with Crippen molar-refractivity contribution >= 4 is 34.6 Å². The SMILES string of the molecule is COC(=O)CCc1c(-c2cccs2)c(C(N)=O)c(C)n1CCc1cccs1. The number of primary amides is 1. The molecule has 5 nitrogen and oxygen atoms in total. The average Bonchev–Trinajstić information content (AvgIpc) is 3.38. The predicted octanol–water partition coefficient (Wildman–Crippen LogP) is 4.03. The molecule has 0 aromatic carbocycles. The Kier molecular flexibility index (Phi) is 6.13. The van der Waals surface area contributed by atoms with E-state index >= 15 is 0 Å². The van der Waals surface area contributed by atoms with Crippen LogP contribution in [0.4, 0.5) is 0 Å². The van der Waals surface area contributed by atoms with Crippen molar-refractivity contribution in [2.75, 3.05) is 7.11 Å². The number of rotatable bonds is 8. The fourth-order valence-corrected chi connectivity index (χ4v) is 4.84. The third-order valence-electron chi connectivity index (χ3n) is 4.60. The summed E-state index contributed by atoms with van der Waals surface area (Å²) in [7, 11) is 1.39. The Hall–Kier alpha value is -2.38. The minimum absolute atomic E-state index is 0.259. The number of nitrogens with two attached hydrogens (primary N) is 1. The quantitative estimate of drug-likeness (QED) is 0.578. The summed E-state index contributed by atoms with van der Waals surface area (Å²) in [4.78, 5) is 26.3. The van der Waals surface area contributed by atoms with Gasteiger partial charge in [-0.15, -0.1) is 22.7 Å². The van der Waals surface area contributed by atoms with Crippen molar-refractivity contribution in [2.45, 2.75) is 32.7 Å². The van der Waals surface area contributed by atoms with E-state index in [1.165, 1.54) is 12.0 Å². The third kappa shape index (κ3) is 4.14. The summed E-state index contributed by atoms with van der Waals surface area (Å²) in [5.41, 5.74) is 8.95. The zero-order valence-corrected chi connectivity index (χ0v) is 17.0. The number of methoxy groups -OCH3 is 1. The summed E-state index contributed by atoms with van der Waals surface area (Å²) in [5, 5.41) is 4.03. The van der Waals surface area contributed by atoms with Crippen LogP contribution in [0.15, 0.2) is 35.0 Å². The number of nitrogens with zero attached hydrogens (tertiary/aromatic N) is 1. The molecular weight excluding hydrogens is 380 g/mol. The summed E-state index contributed by atoms with van der Waals surface area (Å²) in [6.45, 7) is 2.65. The molecule has 0 spiro atoms. The number of amides is 1. The van der Waals surface area contributed by atoms with E-state index in [0.717, 1.165) is 34.8 Å². The Morgan fingerprint density at radius 3 is 2.48 bits per heavy atom. The van der Waals surface area contributed by atoms with Gasteiger partial charge in [0.2, 0.25) is 0 Å². The Bertz CT molecular complexity index is 925. The van der Waals surface area contributed by atoms with Gasteiger partial charge in [0.25, 0.3) is 5.91 Å². The Morgan fingerprint density at radius 2 is 1.89 bits per heavy atom. The number of carbonyl (C=O) groups excluding carboxylic acids is 2. The second-order valence-corrected chi connectivity index (χ2v) is 8.16. The van der Waals surface area contributed by atoms with Gasteiger partial charge in [0, 0.05) is 33.3 Å². The van der Waals surface area contributed by atoms with Crippen molar-refractivity contribution in [3.63, 3.8) is 0 Å². The maximum atomic E-state index is 12.3. The zero-order chi connectivity index (χ0) is 19.4. The number of carbonyl (C=O) groups is 2. The molecule has 0 atom stereocenters. The van der Waals surface area contributed by atoms with Crippen molar-refractivity contribution in [2.24, 2.45) is 5.73 Å². The molecule has 3 heterocycles. The molecule has 0 bridgehead atoms. The van der Waals surface area contributed by atoms with E-state index in [-0.39, 0.29) is 12.4 Å². The highest BCUT2D eigenvalue weighted by molar-refractivity contribution is 7.13. The molecular formula is C20H22N2O3S2. The van der Waals surface area contributed by atoms with Crippen LogP contribution in [0.25, 0.3) is 10.4 Å². The van der Waals surface area contributed by atoms with Crippen molar-refractivity contribution in [1.82, 2.24) is 4.57 Å². The molecule has 0 saturated carbocycles. The molecule has 0 radical (unpaired) electrons. The number of hydrogen-bond acceptors (Lipinski definition) is 5. The topological polar surface area (TPSA) is 74.3 Å².